The van der Waals surface area contributed by atoms with E-state index in [4.69, 9.17) is 4.98 Å². The lowest BCUT2D eigenvalue weighted by Crippen LogP contribution is -1.97. The Morgan fingerprint density at radius 1 is 0.450 bits per heavy atom. The fourth-order valence-electron chi connectivity index (χ4n) is 6.14. The molecule has 0 aliphatic carbocycles. The van der Waals surface area contributed by atoms with Gasteiger partial charge >= 0.3 is 0 Å². The second-order valence-electron chi connectivity index (χ2n) is 10.4. The third kappa shape index (κ3) is 3.32. The van der Waals surface area contributed by atoms with E-state index in [-0.39, 0.29) is 0 Å². The summed E-state index contributed by atoms with van der Waals surface area (Å²) >= 11 is 3.72. The lowest BCUT2D eigenvalue weighted by Gasteiger charge is -2.21. The molecule has 3 heteroatoms. The number of thiophene rings is 1. The Morgan fingerprint density at radius 3 is 2.08 bits per heavy atom. The van der Waals surface area contributed by atoms with E-state index in [0.29, 0.717) is 0 Å². The molecule has 1 aliphatic heterocycles. The monoisotopic (exact) mass is 543 g/mol. The molecule has 0 amide bonds. The van der Waals surface area contributed by atoms with Gasteiger partial charge in [0.15, 0.2) is 0 Å². The fraction of sp³-hybridized carbons (Fsp3) is 0. The normalized spacial score (nSPS) is 12.4. The summed E-state index contributed by atoms with van der Waals surface area (Å²) in [6.07, 6.45) is 0. The van der Waals surface area contributed by atoms with Crippen LogP contribution >= 0.6 is 23.1 Å². The van der Waals surface area contributed by atoms with Crippen LogP contribution in [0.3, 0.4) is 0 Å². The van der Waals surface area contributed by atoms with Crippen molar-refractivity contribution in [2.24, 2.45) is 0 Å². The molecule has 0 N–H and O–H groups in total. The number of hydrogen-bond acceptors (Lipinski definition) is 3. The summed E-state index contributed by atoms with van der Waals surface area (Å²) in [7, 11) is 0. The van der Waals surface area contributed by atoms with Gasteiger partial charge in [-0.3, -0.25) is 0 Å². The SMILES string of the molecule is c1cc(-c2ccc3c(c2)-c2nc4ccccc4c4cccc(c24)S3)cc(-c2ccc3sc4ccccc4c3c2)c1. The molecule has 0 saturated carbocycles. The van der Waals surface area contributed by atoms with E-state index in [1.54, 1.807) is 0 Å². The average Bonchev–Trinajstić information content (AvgIpc) is 3.39. The van der Waals surface area contributed by atoms with Gasteiger partial charge in [-0.25, -0.2) is 4.98 Å². The lowest BCUT2D eigenvalue weighted by molar-refractivity contribution is 1.32. The first-order chi connectivity index (χ1) is 19.8. The van der Waals surface area contributed by atoms with Crippen molar-refractivity contribution >= 4 is 64.9 Å². The standard InChI is InChI=1S/C37H21NS2/c1-3-12-31-26(9-1)28-11-6-14-35-36(28)37(38-31)30-21-25(16-18-34(30)40-35)23-8-5-7-22(19-23)24-15-17-33-29(20-24)27-10-2-4-13-32(27)39-33/h1-21H. The molecule has 40 heavy (non-hydrogen) atoms. The van der Waals surface area contributed by atoms with Gasteiger partial charge in [-0.1, -0.05) is 90.6 Å². The maximum absolute atomic E-state index is 5.21. The van der Waals surface area contributed by atoms with E-state index in [9.17, 15) is 0 Å². The first kappa shape index (κ1) is 22.4. The molecule has 0 bridgehead atoms. The van der Waals surface area contributed by atoms with E-state index in [2.05, 4.69) is 127 Å². The van der Waals surface area contributed by atoms with Crippen molar-refractivity contribution in [2.45, 2.75) is 9.79 Å². The summed E-state index contributed by atoms with van der Waals surface area (Å²) in [5.41, 5.74) is 8.27. The molecule has 0 unspecified atom stereocenters. The topological polar surface area (TPSA) is 12.9 Å². The molecule has 1 nitrogen and oxygen atoms in total. The first-order valence-electron chi connectivity index (χ1n) is 13.5. The summed E-state index contributed by atoms with van der Waals surface area (Å²) in [6, 6.07) is 46.5. The Balaban J connectivity index is 1.19. The highest BCUT2D eigenvalue weighted by atomic mass is 32.2. The zero-order valence-corrected chi connectivity index (χ0v) is 23.0. The highest BCUT2D eigenvalue weighted by Gasteiger charge is 2.22. The van der Waals surface area contributed by atoms with Crippen molar-refractivity contribution in [3.63, 3.8) is 0 Å². The molecule has 186 valence electrons. The summed E-state index contributed by atoms with van der Waals surface area (Å²) in [5, 5.41) is 6.42. The number of fused-ring (bicyclic) bond motifs is 7. The van der Waals surface area contributed by atoms with Gasteiger partial charge in [-0.05, 0) is 76.2 Å². The second kappa shape index (κ2) is 8.53. The number of hydrogen-bond donors (Lipinski definition) is 0. The molecule has 0 spiro atoms. The second-order valence-corrected chi connectivity index (χ2v) is 12.5. The van der Waals surface area contributed by atoms with Gasteiger partial charge in [0.2, 0.25) is 0 Å². The van der Waals surface area contributed by atoms with Crippen LogP contribution in [0.25, 0.3) is 75.4 Å². The third-order valence-electron chi connectivity index (χ3n) is 8.05. The van der Waals surface area contributed by atoms with Crippen LogP contribution < -0.4 is 0 Å². The van der Waals surface area contributed by atoms with Crippen molar-refractivity contribution in [2.75, 3.05) is 0 Å². The molecule has 0 saturated heterocycles. The van der Waals surface area contributed by atoms with E-state index >= 15 is 0 Å². The molecule has 9 rings (SSSR count). The molecule has 2 aromatic heterocycles. The Morgan fingerprint density at radius 2 is 1.15 bits per heavy atom. The highest BCUT2D eigenvalue weighted by molar-refractivity contribution is 7.99. The van der Waals surface area contributed by atoms with Gasteiger partial charge in [-0.2, -0.15) is 0 Å². The quantitative estimate of drug-likeness (QED) is 0.201. The van der Waals surface area contributed by atoms with Crippen molar-refractivity contribution in [3.05, 3.63) is 127 Å². The number of nitrogens with zero attached hydrogens (tertiary/aromatic N) is 1. The summed E-state index contributed by atoms with van der Waals surface area (Å²) in [5.74, 6) is 0. The maximum atomic E-state index is 5.21. The zero-order valence-electron chi connectivity index (χ0n) is 21.4. The van der Waals surface area contributed by atoms with Gasteiger partial charge < -0.3 is 0 Å². The number of aromatic nitrogens is 1. The number of pyridine rings is 1. The minimum absolute atomic E-state index is 1.05. The number of benzene rings is 6. The van der Waals surface area contributed by atoms with Crippen LogP contribution in [0.4, 0.5) is 0 Å². The van der Waals surface area contributed by atoms with Crippen molar-refractivity contribution in [1.29, 1.82) is 0 Å². The van der Waals surface area contributed by atoms with Crippen LogP contribution in [0.2, 0.25) is 0 Å². The smallest absolute Gasteiger partial charge is 0.0811 e. The van der Waals surface area contributed by atoms with Crippen molar-refractivity contribution < 1.29 is 0 Å². The lowest BCUT2D eigenvalue weighted by atomic mass is 9.95. The largest absolute Gasteiger partial charge is 0.247 e. The van der Waals surface area contributed by atoms with Crippen LogP contribution in [-0.4, -0.2) is 4.98 Å². The van der Waals surface area contributed by atoms with Crippen LogP contribution in [0.15, 0.2) is 137 Å². The van der Waals surface area contributed by atoms with Crippen LogP contribution in [0.1, 0.15) is 0 Å². The van der Waals surface area contributed by atoms with E-state index < -0.39 is 0 Å². The molecule has 0 radical (unpaired) electrons. The Kier molecular flexibility index (Phi) is 4.77. The Labute approximate surface area is 239 Å². The minimum atomic E-state index is 1.05. The molecule has 8 aromatic rings. The molecular weight excluding hydrogens is 523 g/mol. The predicted octanol–water partition coefficient (Wildman–Crippen LogP) is 11.2. The molecule has 6 aromatic carbocycles. The van der Waals surface area contributed by atoms with E-state index in [1.807, 2.05) is 23.1 Å². The molecule has 0 fully saturated rings. The molecular formula is C37H21NS2. The van der Waals surface area contributed by atoms with E-state index in [1.165, 1.54) is 73.9 Å². The average molecular weight is 544 g/mol. The Hall–Kier alpha value is -4.44. The first-order valence-corrected chi connectivity index (χ1v) is 15.1. The van der Waals surface area contributed by atoms with Crippen LogP contribution in [0, 0.1) is 0 Å². The highest BCUT2D eigenvalue weighted by Crippen LogP contribution is 2.49. The molecule has 0 atom stereocenters. The van der Waals surface area contributed by atoms with Crippen molar-refractivity contribution in [3.8, 4) is 33.5 Å². The Bertz CT molecular complexity index is 2310. The van der Waals surface area contributed by atoms with Gasteiger partial charge in [-0.15, -0.1) is 11.3 Å². The van der Waals surface area contributed by atoms with Crippen LogP contribution in [0.5, 0.6) is 0 Å². The summed E-state index contributed by atoms with van der Waals surface area (Å²) in [6.45, 7) is 0. The van der Waals surface area contributed by atoms with Gasteiger partial charge in [0, 0.05) is 46.3 Å². The van der Waals surface area contributed by atoms with Gasteiger partial charge in [0.25, 0.3) is 0 Å². The molecule has 1 aliphatic rings. The molecule has 3 heterocycles. The van der Waals surface area contributed by atoms with Gasteiger partial charge in [0.05, 0.1) is 11.2 Å². The summed E-state index contributed by atoms with van der Waals surface area (Å²) < 4.78 is 2.68. The number of rotatable bonds is 2. The summed E-state index contributed by atoms with van der Waals surface area (Å²) in [4.78, 5) is 7.75. The van der Waals surface area contributed by atoms with Gasteiger partial charge in [0.1, 0.15) is 0 Å². The maximum Gasteiger partial charge on any atom is 0.0811 e. The third-order valence-corrected chi connectivity index (χ3v) is 10.3. The number of para-hydroxylation sites is 1. The predicted molar refractivity (Wildman–Crippen MR) is 173 cm³/mol. The minimum Gasteiger partial charge on any atom is -0.247 e. The zero-order chi connectivity index (χ0) is 26.2. The van der Waals surface area contributed by atoms with E-state index in [0.717, 1.165) is 11.2 Å². The van der Waals surface area contributed by atoms with Crippen molar-refractivity contribution in [1.82, 2.24) is 4.98 Å². The fourth-order valence-corrected chi connectivity index (χ4v) is 8.32. The van der Waals surface area contributed by atoms with Crippen LogP contribution in [-0.2, 0) is 0 Å².